The minimum absolute atomic E-state index is 0.0612. The van der Waals surface area contributed by atoms with Gasteiger partial charge in [-0.25, -0.2) is 0 Å². The highest BCUT2D eigenvalue weighted by Gasteiger charge is 2.29. The maximum absolute atomic E-state index is 9.76. The largest absolute Gasteiger partial charge is 0.467 e. The van der Waals surface area contributed by atoms with E-state index >= 15 is 0 Å². The van der Waals surface area contributed by atoms with Gasteiger partial charge in [0.05, 0.1) is 6.61 Å². The normalized spacial score (nSPS) is 14.0. The summed E-state index contributed by atoms with van der Waals surface area (Å²) in [5, 5.41) is 10.9. The van der Waals surface area contributed by atoms with Gasteiger partial charge in [-0.15, -0.1) is 0 Å². The van der Waals surface area contributed by atoms with Crippen molar-refractivity contribution in [1.29, 1.82) is 0 Å². The van der Waals surface area contributed by atoms with Gasteiger partial charge in [0.2, 0.25) is 0 Å². The average Bonchev–Trinajstić information content (AvgIpc) is 2.62. The van der Waals surface area contributed by atoms with Crippen LogP contribution in [0.25, 0.3) is 0 Å². The molecule has 0 aliphatic carbocycles. The quantitative estimate of drug-likeness (QED) is 0.560. The van der Waals surface area contributed by atoms with E-state index in [1.54, 1.807) is 7.11 Å². The van der Waals surface area contributed by atoms with Crippen molar-refractivity contribution in [3.63, 3.8) is 0 Å². The molecule has 0 spiro atoms. The van der Waals surface area contributed by atoms with E-state index in [4.69, 9.17) is 9.47 Å². The fourth-order valence-corrected chi connectivity index (χ4v) is 4.52. The fourth-order valence-electron chi connectivity index (χ4n) is 2.94. The monoisotopic (exact) mass is 360 g/mol. The van der Waals surface area contributed by atoms with E-state index < -0.39 is 0 Å². The molecular formula is C21H29O3P. The van der Waals surface area contributed by atoms with Crippen LogP contribution in [0.3, 0.4) is 0 Å². The molecule has 0 radical (unpaired) electrons. The maximum atomic E-state index is 9.76. The zero-order valence-corrected chi connectivity index (χ0v) is 16.8. The maximum Gasteiger partial charge on any atom is 0.188 e. The van der Waals surface area contributed by atoms with Gasteiger partial charge in [-0.2, -0.15) is 0 Å². The molecule has 0 saturated heterocycles. The van der Waals surface area contributed by atoms with Gasteiger partial charge in [0, 0.05) is 17.8 Å². The van der Waals surface area contributed by atoms with Gasteiger partial charge in [-0.1, -0.05) is 63.9 Å². The smallest absolute Gasteiger partial charge is 0.188 e. The number of ether oxygens (including phenoxy) is 2. The van der Waals surface area contributed by atoms with E-state index in [0.717, 1.165) is 17.7 Å². The first-order valence-corrected chi connectivity index (χ1v) is 9.65. The van der Waals surface area contributed by atoms with Gasteiger partial charge in [0.1, 0.15) is 5.75 Å². The van der Waals surface area contributed by atoms with E-state index in [9.17, 15) is 5.11 Å². The first-order chi connectivity index (χ1) is 11.9. The lowest BCUT2D eigenvalue weighted by atomic mass is 9.95. The van der Waals surface area contributed by atoms with Crippen LogP contribution in [-0.4, -0.2) is 19.0 Å². The molecule has 2 unspecified atom stereocenters. The highest BCUT2D eigenvalue weighted by Crippen LogP contribution is 2.48. The number of aryl methyl sites for hydroxylation is 2. The summed E-state index contributed by atoms with van der Waals surface area (Å²) in [5.41, 5.74) is 4.62. The highest BCUT2D eigenvalue weighted by molar-refractivity contribution is 7.48. The van der Waals surface area contributed by atoms with Crippen LogP contribution in [0, 0.1) is 13.8 Å². The summed E-state index contributed by atoms with van der Waals surface area (Å²) in [4.78, 5) is 0. The van der Waals surface area contributed by atoms with Crippen LogP contribution in [0.2, 0.25) is 0 Å². The summed E-state index contributed by atoms with van der Waals surface area (Å²) >= 11 is 0. The number of hydrogen-bond acceptors (Lipinski definition) is 3. The molecular weight excluding hydrogens is 331 g/mol. The Balaban J connectivity index is 2.45. The van der Waals surface area contributed by atoms with Gasteiger partial charge in [0.15, 0.2) is 6.79 Å². The molecule has 0 amide bonds. The Bertz CT molecular complexity index is 714. The van der Waals surface area contributed by atoms with Crippen molar-refractivity contribution in [2.24, 2.45) is 0 Å². The third-order valence-corrected chi connectivity index (χ3v) is 6.54. The molecule has 0 aliphatic heterocycles. The highest BCUT2D eigenvalue weighted by atomic mass is 31.1. The van der Waals surface area contributed by atoms with E-state index in [2.05, 4.69) is 58.0 Å². The van der Waals surface area contributed by atoms with E-state index in [1.165, 1.54) is 22.0 Å². The Morgan fingerprint density at radius 2 is 1.76 bits per heavy atom. The molecule has 0 aromatic heterocycles. The average molecular weight is 360 g/mol. The zero-order chi connectivity index (χ0) is 18.4. The minimum Gasteiger partial charge on any atom is -0.467 e. The molecule has 2 atom stereocenters. The molecule has 2 aromatic rings. The molecule has 1 N–H and O–H groups in total. The number of methoxy groups -OCH3 is 1. The summed E-state index contributed by atoms with van der Waals surface area (Å²) in [7, 11) is 2.18. The summed E-state index contributed by atoms with van der Waals surface area (Å²) in [5.74, 6) is 0.877. The van der Waals surface area contributed by atoms with Gasteiger partial charge in [0.25, 0.3) is 0 Å². The number of aliphatic hydroxyl groups is 1. The van der Waals surface area contributed by atoms with Crippen molar-refractivity contribution < 1.29 is 14.6 Å². The molecule has 0 heterocycles. The Morgan fingerprint density at radius 1 is 1.08 bits per heavy atom. The third-order valence-electron chi connectivity index (χ3n) is 4.61. The number of rotatable bonds is 8. The van der Waals surface area contributed by atoms with Crippen LogP contribution in [0.5, 0.6) is 5.75 Å². The second-order valence-corrected chi connectivity index (χ2v) is 8.57. The Hall–Kier alpha value is -1.41. The molecule has 136 valence electrons. The minimum atomic E-state index is -0.0612. The summed E-state index contributed by atoms with van der Waals surface area (Å²) < 4.78 is 10.9. The number of benzene rings is 2. The Morgan fingerprint density at radius 3 is 2.40 bits per heavy atom. The van der Waals surface area contributed by atoms with Crippen LogP contribution in [0.15, 0.2) is 36.4 Å². The van der Waals surface area contributed by atoms with Crippen molar-refractivity contribution in [2.75, 3.05) is 13.9 Å². The SMILES string of the molecule is CCC(C)(Pc1ccc(C)cc1CO)c1cc(C)ccc1OCOC. The van der Waals surface area contributed by atoms with E-state index in [0.29, 0.717) is 8.58 Å². The first kappa shape index (κ1) is 19.9. The van der Waals surface area contributed by atoms with Crippen molar-refractivity contribution >= 4 is 13.9 Å². The van der Waals surface area contributed by atoms with E-state index in [1.807, 2.05) is 6.07 Å². The second kappa shape index (κ2) is 8.80. The van der Waals surface area contributed by atoms with Gasteiger partial charge in [-0.05, 0) is 37.2 Å². The molecule has 0 aliphatic rings. The standard InChI is InChI=1S/C21H29O3P/c1-6-21(4,25-20-10-8-15(2)11-17(20)13-22)18-12-16(3)7-9-19(18)24-14-23-5/h7-12,22,25H,6,13-14H2,1-5H3. The Labute approximate surface area is 153 Å². The van der Waals surface area contributed by atoms with Crippen LogP contribution < -0.4 is 10.0 Å². The predicted molar refractivity (Wildman–Crippen MR) is 106 cm³/mol. The molecule has 0 fully saturated rings. The van der Waals surface area contributed by atoms with Gasteiger partial charge >= 0.3 is 0 Å². The van der Waals surface area contributed by atoms with E-state index in [-0.39, 0.29) is 18.6 Å². The Kier molecular flexibility index (Phi) is 7.01. The fraction of sp³-hybridized carbons (Fsp3) is 0.429. The van der Waals surface area contributed by atoms with Crippen LogP contribution in [-0.2, 0) is 16.5 Å². The van der Waals surface area contributed by atoms with Gasteiger partial charge < -0.3 is 14.6 Å². The zero-order valence-electron chi connectivity index (χ0n) is 15.8. The topological polar surface area (TPSA) is 38.7 Å². The predicted octanol–water partition coefficient (Wildman–Crippen LogP) is 4.41. The van der Waals surface area contributed by atoms with Crippen molar-refractivity contribution in [3.05, 3.63) is 58.7 Å². The molecule has 0 bridgehead atoms. The summed E-state index contributed by atoms with van der Waals surface area (Å²) in [6.45, 7) is 8.97. The molecule has 2 aromatic carbocycles. The van der Waals surface area contributed by atoms with Crippen LogP contribution >= 0.6 is 8.58 Å². The van der Waals surface area contributed by atoms with Gasteiger partial charge in [-0.3, -0.25) is 0 Å². The molecule has 0 saturated carbocycles. The van der Waals surface area contributed by atoms with Crippen molar-refractivity contribution in [2.45, 2.75) is 45.9 Å². The summed E-state index contributed by atoms with van der Waals surface area (Å²) in [6.07, 6.45) is 0.983. The third kappa shape index (κ3) is 4.82. The van der Waals surface area contributed by atoms with Crippen molar-refractivity contribution in [3.8, 4) is 5.75 Å². The number of aliphatic hydroxyl groups excluding tert-OH is 1. The molecule has 4 heteroatoms. The van der Waals surface area contributed by atoms with Crippen LogP contribution in [0.1, 0.15) is 42.5 Å². The lowest BCUT2D eigenvalue weighted by molar-refractivity contribution is 0.0500. The summed E-state index contributed by atoms with van der Waals surface area (Å²) in [6, 6.07) is 12.7. The first-order valence-electron chi connectivity index (χ1n) is 8.65. The molecule has 2 rings (SSSR count). The number of hydrogen-bond donors (Lipinski definition) is 1. The van der Waals surface area contributed by atoms with Crippen LogP contribution in [0.4, 0.5) is 0 Å². The molecule has 3 nitrogen and oxygen atoms in total. The second-order valence-electron chi connectivity index (χ2n) is 6.68. The lowest BCUT2D eigenvalue weighted by Crippen LogP contribution is -2.21. The van der Waals surface area contributed by atoms with Crippen molar-refractivity contribution in [1.82, 2.24) is 0 Å². The molecule has 25 heavy (non-hydrogen) atoms. The lowest BCUT2D eigenvalue weighted by Gasteiger charge is -2.32.